The molecule has 0 aliphatic carbocycles. The number of amides is 1. The number of nitrogens with zero attached hydrogens (tertiary/aromatic N) is 4. The summed E-state index contributed by atoms with van der Waals surface area (Å²) in [7, 11) is 0. The van der Waals surface area contributed by atoms with Crippen LogP contribution in [0.2, 0.25) is 0 Å². The number of nitrogens with two attached hydrogens (primary N) is 1. The van der Waals surface area contributed by atoms with Gasteiger partial charge in [0, 0.05) is 17.7 Å². The Kier molecular flexibility index (Phi) is 6.73. The number of pyridine rings is 1. The average Bonchev–Trinajstić information content (AvgIpc) is 3.37. The van der Waals surface area contributed by atoms with E-state index in [1.807, 2.05) is 58.1 Å². The monoisotopic (exact) mass is 507 g/mol. The standard InChI is InChI=1S/C28H21N5OS2/c29-15-21-26(20-11-13-35-17-20)22(16-30)28(32-27(21)31)36-14-12-25(34)33-23-7-3-1-5-18(23)9-10-19-6-2-4-8-24(19)33/h1-8,11,13,17H,9-10,12,14H2,(H2,31,32). The van der Waals surface area contributed by atoms with Gasteiger partial charge in [-0.1, -0.05) is 36.4 Å². The molecular weight excluding hydrogens is 486 g/mol. The topological polar surface area (TPSA) is 107 Å². The van der Waals surface area contributed by atoms with Crippen LogP contribution in [0.25, 0.3) is 11.1 Å². The summed E-state index contributed by atoms with van der Waals surface area (Å²) < 4.78 is 0. The highest BCUT2D eigenvalue weighted by atomic mass is 32.2. The van der Waals surface area contributed by atoms with Crippen molar-refractivity contribution in [1.82, 2.24) is 4.98 Å². The van der Waals surface area contributed by atoms with Gasteiger partial charge in [0.25, 0.3) is 0 Å². The Balaban J connectivity index is 1.43. The van der Waals surface area contributed by atoms with Crippen LogP contribution < -0.4 is 10.6 Å². The number of fused-ring (bicyclic) bond motifs is 2. The van der Waals surface area contributed by atoms with Gasteiger partial charge in [0.1, 0.15) is 28.5 Å². The number of hydrogen-bond donors (Lipinski definition) is 1. The van der Waals surface area contributed by atoms with Crippen LogP contribution in [0.3, 0.4) is 0 Å². The van der Waals surface area contributed by atoms with Gasteiger partial charge in [0.15, 0.2) is 0 Å². The van der Waals surface area contributed by atoms with Gasteiger partial charge in [-0.15, -0.1) is 11.8 Å². The third-order valence-electron chi connectivity index (χ3n) is 6.16. The van der Waals surface area contributed by atoms with Gasteiger partial charge < -0.3 is 5.73 Å². The molecule has 0 saturated carbocycles. The molecule has 0 unspecified atom stereocenters. The molecule has 1 aliphatic rings. The van der Waals surface area contributed by atoms with E-state index in [1.165, 1.54) is 23.1 Å². The number of thiophene rings is 1. The van der Waals surface area contributed by atoms with Crippen molar-refractivity contribution in [3.8, 4) is 23.3 Å². The lowest BCUT2D eigenvalue weighted by Crippen LogP contribution is -2.27. The maximum Gasteiger partial charge on any atom is 0.232 e. The number of benzene rings is 2. The van der Waals surface area contributed by atoms with Crippen LogP contribution in [-0.4, -0.2) is 16.6 Å². The van der Waals surface area contributed by atoms with Crippen molar-refractivity contribution in [2.75, 3.05) is 16.4 Å². The molecule has 0 spiro atoms. The van der Waals surface area contributed by atoms with Crippen LogP contribution in [0.15, 0.2) is 70.4 Å². The Hall–Kier alpha value is -4.11. The van der Waals surface area contributed by atoms with E-state index in [-0.39, 0.29) is 23.7 Å². The number of aryl methyl sites for hydroxylation is 2. The molecule has 2 aromatic carbocycles. The molecule has 1 amide bonds. The van der Waals surface area contributed by atoms with E-state index in [2.05, 4.69) is 29.3 Å². The molecule has 4 aromatic rings. The molecule has 0 bridgehead atoms. The van der Waals surface area contributed by atoms with E-state index < -0.39 is 0 Å². The van der Waals surface area contributed by atoms with E-state index in [4.69, 9.17) is 5.73 Å². The minimum Gasteiger partial charge on any atom is -0.383 e. The highest BCUT2D eigenvalue weighted by molar-refractivity contribution is 7.99. The second-order valence-electron chi connectivity index (χ2n) is 8.25. The zero-order valence-corrected chi connectivity index (χ0v) is 20.9. The van der Waals surface area contributed by atoms with Crippen molar-refractivity contribution < 1.29 is 4.79 Å². The molecule has 2 N–H and O–H groups in total. The largest absolute Gasteiger partial charge is 0.383 e. The Morgan fingerprint density at radius 2 is 1.64 bits per heavy atom. The first-order valence-electron chi connectivity index (χ1n) is 11.4. The Labute approximate surface area is 217 Å². The molecule has 0 radical (unpaired) electrons. The minimum absolute atomic E-state index is 0.0255. The summed E-state index contributed by atoms with van der Waals surface area (Å²) in [5.74, 6) is 0.472. The highest BCUT2D eigenvalue weighted by Crippen LogP contribution is 2.38. The number of aromatic nitrogens is 1. The summed E-state index contributed by atoms with van der Waals surface area (Å²) in [6.45, 7) is 0. The van der Waals surface area contributed by atoms with Gasteiger partial charge in [-0.05, 0) is 58.5 Å². The van der Waals surface area contributed by atoms with E-state index in [1.54, 1.807) is 0 Å². The van der Waals surface area contributed by atoms with Crippen molar-refractivity contribution in [3.63, 3.8) is 0 Å². The number of carbonyl (C=O) groups excluding carboxylic acids is 1. The summed E-state index contributed by atoms with van der Waals surface area (Å²) >= 11 is 2.79. The fourth-order valence-electron chi connectivity index (χ4n) is 4.49. The van der Waals surface area contributed by atoms with Crippen molar-refractivity contribution in [2.45, 2.75) is 24.3 Å². The van der Waals surface area contributed by atoms with E-state index in [9.17, 15) is 15.3 Å². The Morgan fingerprint density at radius 3 is 2.22 bits per heavy atom. The molecule has 5 rings (SSSR count). The first kappa shape index (κ1) is 23.6. The number of thioether (sulfide) groups is 1. The Bertz CT molecular complexity index is 1490. The van der Waals surface area contributed by atoms with Crippen LogP contribution in [0, 0.1) is 22.7 Å². The third-order valence-corrected chi connectivity index (χ3v) is 7.82. The maximum absolute atomic E-state index is 13.6. The van der Waals surface area contributed by atoms with Crippen LogP contribution in [-0.2, 0) is 17.6 Å². The van der Waals surface area contributed by atoms with Crippen LogP contribution in [0.5, 0.6) is 0 Å². The summed E-state index contributed by atoms with van der Waals surface area (Å²) in [4.78, 5) is 19.8. The van der Waals surface area contributed by atoms with E-state index in [0.717, 1.165) is 40.9 Å². The van der Waals surface area contributed by atoms with Crippen LogP contribution >= 0.6 is 23.1 Å². The van der Waals surface area contributed by atoms with Gasteiger partial charge >= 0.3 is 0 Å². The maximum atomic E-state index is 13.6. The van der Waals surface area contributed by atoms with Crippen LogP contribution in [0.1, 0.15) is 28.7 Å². The normalized spacial score (nSPS) is 12.1. The quantitative estimate of drug-likeness (QED) is 0.328. The second kappa shape index (κ2) is 10.2. The zero-order chi connectivity index (χ0) is 25.1. The summed E-state index contributed by atoms with van der Waals surface area (Å²) in [6, 6.07) is 22.2. The average molecular weight is 508 g/mol. The lowest BCUT2D eigenvalue weighted by molar-refractivity contribution is -0.117. The molecule has 176 valence electrons. The molecule has 0 saturated heterocycles. The fraction of sp³-hybridized carbons (Fsp3) is 0.143. The van der Waals surface area contributed by atoms with Crippen molar-refractivity contribution in [1.29, 1.82) is 10.5 Å². The molecule has 1 aliphatic heterocycles. The summed E-state index contributed by atoms with van der Waals surface area (Å²) in [5.41, 5.74) is 12.0. The number of hydrogen-bond acceptors (Lipinski definition) is 7. The lowest BCUT2D eigenvalue weighted by atomic mass is 9.99. The number of para-hydroxylation sites is 2. The minimum atomic E-state index is -0.0255. The molecule has 3 heterocycles. The van der Waals surface area contributed by atoms with Gasteiger partial charge in [-0.3, -0.25) is 9.69 Å². The molecule has 0 atom stereocenters. The van der Waals surface area contributed by atoms with E-state index >= 15 is 0 Å². The van der Waals surface area contributed by atoms with Crippen molar-refractivity contribution in [3.05, 3.63) is 87.6 Å². The Morgan fingerprint density at radius 1 is 1.00 bits per heavy atom. The number of carbonyl (C=O) groups is 1. The van der Waals surface area contributed by atoms with Gasteiger partial charge in [-0.2, -0.15) is 21.9 Å². The first-order chi connectivity index (χ1) is 17.6. The number of nitriles is 2. The second-order valence-corrected chi connectivity index (χ2v) is 10.1. The van der Waals surface area contributed by atoms with E-state index in [0.29, 0.717) is 21.9 Å². The summed E-state index contributed by atoms with van der Waals surface area (Å²) in [6.07, 6.45) is 1.99. The van der Waals surface area contributed by atoms with Crippen LogP contribution in [0.4, 0.5) is 17.2 Å². The van der Waals surface area contributed by atoms with Gasteiger partial charge in [0.2, 0.25) is 5.91 Å². The molecular formula is C28H21N5OS2. The number of rotatable bonds is 5. The summed E-state index contributed by atoms with van der Waals surface area (Å²) in [5, 5.41) is 23.8. The smallest absolute Gasteiger partial charge is 0.232 e. The van der Waals surface area contributed by atoms with Crippen molar-refractivity contribution in [2.24, 2.45) is 0 Å². The van der Waals surface area contributed by atoms with Gasteiger partial charge in [0.05, 0.1) is 16.9 Å². The van der Waals surface area contributed by atoms with Gasteiger partial charge in [-0.25, -0.2) is 4.98 Å². The predicted molar refractivity (Wildman–Crippen MR) is 144 cm³/mol. The molecule has 36 heavy (non-hydrogen) atoms. The molecule has 0 fully saturated rings. The molecule has 6 nitrogen and oxygen atoms in total. The lowest BCUT2D eigenvalue weighted by Gasteiger charge is -2.25. The zero-order valence-electron chi connectivity index (χ0n) is 19.3. The third kappa shape index (κ3) is 4.33. The first-order valence-corrected chi connectivity index (χ1v) is 13.3. The molecule has 2 aromatic heterocycles. The predicted octanol–water partition coefficient (Wildman–Crippen LogP) is 6.08. The SMILES string of the molecule is N#Cc1c(N)nc(SCCC(=O)N2c3ccccc3CCc3ccccc32)c(C#N)c1-c1ccsc1. The van der Waals surface area contributed by atoms with Crippen molar-refractivity contribution >= 4 is 46.2 Å². The fourth-order valence-corrected chi connectivity index (χ4v) is 6.07. The molecule has 8 heteroatoms. The highest BCUT2D eigenvalue weighted by Gasteiger charge is 2.26. The number of anilines is 3. The number of nitrogen functional groups attached to an aromatic ring is 1.